The molecule has 0 N–H and O–H groups in total. The largest absolute Gasteiger partial charge is 0.240 e. The summed E-state index contributed by atoms with van der Waals surface area (Å²) in [6, 6.07) is 0.738. The van der Waals surface area contributed by atoms with Crippen LogP contribution in [0.5, 0.6) is 0 Å². The number of rotatable bonds is 0. The van der Waals surface area contributed by atoms with Gasteiger partial charge in [0.25, 0.3) is 0 Å². The maximum atomic E-state index is 2.38. The normalized spacial score (nSPS) is 39.6. The van der Waals surface area contributed by atoms with Crippen LogP contribution in [0.2, 0.25) is 0 Å². The molecule has 0 radical (unpaired) electrons. The lowest BCUT2D eigenvalue weighted by atomic mass is 9.93. The van der Waals surface area contributed by atoms with Gasteiger partial charge in [0, 0.05) is 12.3 Å². The zero-order valence-electron chi connectivity index (χ0n) is 8.17. The van der Waals surface area contributed by atoms with E-state index in [1.165, 1.54) is 12.8 Å². The predicted molar refractivity (Wildman–Crippen MR) is 49.3 cm³/mol. The maximum Gasteiger partial charge on any atom is 0.149 e. The van der Waals surface area contributed by atoms with Crippen molar-refractivity contribution in [3.8, 4) is 0 Å². The molecule has 0 aromatic rings. The predicted octanol–water partition coefficient (Wildman–Crippen LogP) is 2.15. The minimum absolute atomic E-state index is 0.738. The second-order valence-corrected chi connectivity index (χ2v) is 4.08. The van der Waals surface area contributed by atoms with E-state index in [9.17, 15) is 0 Å². The van der Waals surface area contributed by atoms with Gasteiger partial charge in [0.1, 0.15) is 19.3 Å². The minimum Gasteiger partial charge on any atom is -0.240 e. The molecule has 0 amide bonds. The van der Waals surface area contributed by atoms with Crippen molar-refractivity contribution < 1.29 is 4.58 Å². The average Bonchev–Trinajstić information content (AvgIpc) is 2.05. The summed E-state index contributed by atoms with van der Waals surface area (Å²) in [5.74, 6) is 1.62. The highest BCUT2D eigenvalue weighted by Crippen LogP contribution is 2.20. The van der Waals surface area contributed by atoms with Crippen LogP contribution in [-0.2, 0) is 0 Å². The van der Waals surface area contributed by atoms with Crippen molar-refractivity contribution in [2.75, 3.05) is 7.05 Å². The standard InChI is InChI=1S/C10H20N/c1-8-5-6-10(3)11(4)7-9(8)2/h7-10H,5-6H2,1-4H3/q+1/t8-,9?,10?/m0/s1. The molecule has 0 aromatic carbocycles. The third-order valence-corrected chi connectivity index (χ3v) is 3.10. The SMILES string of the molecule is CC1C=[N+](C)C(C)CC[C@@H]1C. The molecule has 64 valence electrons. The molecule has 0 saturated heterocycles. The molecule has 0 bridgehead atoms. The Kier molecular flexibility index (Phi) is 2.69. The van der Waals surface area contributed by atoms with Crippen LogP contribution in [0.3, 0.4) is 0 Å². The number of nitrogens with zero attached hydrogens (tertiary/aromatic N) is 1. The fourth-order valence-electron chi connectivity index (χ4n) is 1.64. The first-order valence-electron chi connectivity index (χ1n) is 4.68. The molecule has 11 heavy (non-hydrogen) atoms. The van der Waals surface area contributed by atoms with Gasteiger partial charge in [0.2, 0.25) is 0 Å². The second-order valence-electron chi connectivity index (χ2n) is 4.08. The van der Waals surface area contributed by atoms with E-state index in [1.54, 1.807) is 0 Å². The Bertz CT molecular complexity index is 160. The summed E-state index contributed by atoms with van der Waals surface area (Å²) < 4.78 is 2.37. The number of hydrogen-bond donors (Lipinski definition) is 0. The van der Waals surface area contributed by atoms with E-state index in [0.29, 0.717) is 0 Å². The lowest BCUT2D eigenvalue weighted by Gasteiger charge is -2.09. The smallest absolute Gasteiger partial charge is 0.149 e. The molecule has 3 atom stereocenters. The van der Waals surface area contributed by atoms with E-state index in [-0.39, 0.29) is 0 Å². The van der Waals surface area contributed by atoms with Gasteiger partial charge in [0.15, 0.2) is 0 Å². The molecular weight excluding hydrogens is 134 g/mol. The quantitative estimate of drug-likeness (QED) is 0.470. The molecular formula is C10H20N+. The van der Waals surface area contributed by atoms with Gasteiger partial charge in [-0.2, -0.15) is 0 Å². The summed E-state index contributed by atoms with van der Waals surface area (Å²) >= 11 is 0. The molecule has 1 rings (SSSR count). The van der Waals surface area contributed by atoms with Crippen molar-refractivity contribution in [3.63, 3.8) is 0 Å². The Labute approximate surface area is 70.1 Å². The molecule has 0 aliphatic carbocycles. The molecule has 0 spiro atoms. The summed E-state index contributed by atoms with van der Waals surface area (Å²) in [6.45, 7) is 6.98. The van der Waals surface area contributed by atoms with Crippen molar-refractivity contribution in [1.82, 2.24) is 0 Å². The van der Waals surface area contributed by atoms with Crippen molar-refractivity contribution in [2.45, 2.75) is 39.7 Å². The van der Waals surface area contributed by atoms with Gasteiger partial charge < -0.3 is 0 Å². The molecule has 0 saturated carbocycles. The highest BCUT2D eigenvalue weighted by Gasteiger charge is 2.22. The van der Waals surface area contributed by atoms with Crippen LogP contribution in [-0.4, -0.2) is 23.9 Å². The van der Waals surface area contributed by atoms with Crippen molar-refractivity contribution in [2.24, 2.45) is 11.8 Å². The van der Waals surface area contributed by atoms with E-state index in [0.717, 1.165) is 17.9 Å². The van der Waals surface area contributed by atoms with Gasteiger partial charge in [-0.3, -0.25) is 0 Å². The topological polar surface area (TPSA) is 3.01 Å². The lowest BCUT2D eigenvalue weighted by Crippen LogP contribution is -2.19. The third-order valence-electron chi connectivity index (χ3n) is 3.10. The van der Waals surface area contributed by atoms with Gasteiger partial charge in [-0.15, -0.1) is 0 Å². The van der Waals surface area contributed by atoms with Gasteiger partial charge >= 0.3 is 0 Å². The van der Waals surface area contributed by atoms with E-state index >= 15 is 0 Å². The highest BCUT2D eigenvalue weighted by molar-refractivity contribution is 5.55. The van der Waals surface area contributed by atoms with Crippen molar-refractivity contribution in [1.29, 1.82) is 0 Å². The summed E-state index contributed by atoms with van der Waals surface area (Å²) in [7, 11) is 2.19. The first-order chi connectivity index (χ1) is 5.11. The molecule has 0 fully saturated rings. The zero-order valence-corrected chi connectivity index (χ0v) is 8.17. The van der Waals surface area contributed by atoms with Gasteiger partial charge in [-0.1, -0.05) is 13.8 Å². The summed E-state index contributed by atoms with van der Waals surface area (Å²) in [5, 5.41) is 0. The highest BCUT2D eigenvalue weighted by atomic mass is 15.0. The molecule has 2 unspecified atom stereocenters. The molecule has 1 nitrogen and oxygen atoms in total. The fraction of sp³-hybridized carbons (Fsp3) is 0.900. The Morgan fingerprint density at radius 2 is 1.82 bits per heavy atom. The van der Waals surface area contributed by atoms with Crippen LogP contribution >= 0.6 is 0 Å². The van der Waals surface area contributed by atoms with Crippen LogP contribution in [0.15, 0.2) is 0 Å². The molecule has 1 heterocycles. The summed E-state index contributed by atoms with van der Waals surface area (Å²) in [6.07, 6.45) is 5.10. The van der Waals surface area contributed by atoms with Crippen LogP contribution in [0.4, 0.5) is 0 Å². The van der Waals surface area contributed by atoms with Crippen LogP contribution < -0.4 is 0 Å². The van der Waals surface area contributed by atoms with E-state index in [4.69, 9.17) is 0 Å². The first-order valence-corrected chi connectivity index (χ1v) is 4.68. The first kappa shape index (κ1) is 8.76. The van der Waals surface area contributed by atoms with Crippen molar-refractivity contribution >= 4 is 6.21 Å². The van der Waals surface area contributed by atoms with Gasteiger partial charge in [-0.25, -0.2) is 4.58 Å². The average molecular weight is 154 g/mol. The zero-order chi connectivity index (χ0) is 8.43. The maximum absolute atomic E-state index is 2.38. The Morgan fingerprint density at radius 1 is 1.18 bits per heavy atom. The Morgan fingerprint density at radius 3 is 2.45 bits per heavy atom. The minimum atomic E-state index is 0.738. The molecule has 1 aliphatic heterocycles. The van der Waals surface area contributed by atoms with Gasteiger partial charge in [0.05, 0.1) is 0 Å². The molecule has 1 heteroatoms. The van der Waals surface area contributed by atoms with Crippen LogP contribution in [0, 0.1) is 11.8 Å². The monoisotopic (exact) mass is 154 g/mol. The molecule has 0 aromatic heterocycles. The lowest BCUT2D eigenvalue weighted by molar-refractivity contribution is -0.531. The van der Waals surface area contributed by atoms with E-state index in [2.05, 4.69) is 38.6 Å². The third kappa shape index (κ3) is 2.05. The van der Waals surface area contributed by atoms with Crippen LogP contribution in [0.1, 0.15) is 33.6 Å². The fourth-order valence-corrected chi connectivity index (χ4v) is 1.64. The van der Waals surface area contributed by atoms with E-state index < -0.39 is 0 Å². The second kappa shape index (κ2) is 3.38. The van der Waals surface area contributed by atoms with Gasteiger partial charge in [-0.05, 0) is 19.3 Å². The van der Waals surface area contributed by atoms with Crippen LogP contribution in [0.25, 0.3) is 0 Å². The molecule has 1 aliphatic rings. The number of hydrogen-bond acceptors (Lipinski definition) is 0. The summed E-state index contributed by atoms with van der Waals surface area (Å²) in [4.78, 5) is 0. The van der Waals surface area contributed by atoms with Crippen molar-refractivity contribution in [3.05, 3.63) is 0 Å². The van der Waals surface area contributed by atoms with E-state index in [1.807, 2.05) is 0 Å². The Balaban J connectivity index is 2.69. The Hall–Kier alpha value is -0.330. The summed E-state index contributed by atoms with van der Waals surface area (Å²) in [5.41, 5.74) is 0.